The summed E-state index contributed by atoms with van der Waals surface area (Å²) in [7, 11) is 0. The Morgan fingerprint density at radius 3 is 2.33 bits per heavy atom. The van der Waals surface area contributed by atoms with Gasteiger partial charge in [-0.05, 0) is 41.5 Å². The lowest BCUT2D eigenvalue weighted by Crippen LogP contribution is -1.96. The van der Waals surface area contributed by atoms with Crippen molar-refractivity contribution < 1.29 is 9.90 Å². The third-order valence-electron chi connectivity index (χ3n) is 2.49. The minimum Gasteiger partial charge on any atom is -0.478 e. The molecule has 2 rings (SSSR count). The molecule has 0 fully saturated rings. The van der Waals surface area contributed by atoms with Gasteiger partial charge in [0.25, 0.3) is 0 Å². The molecular formula is C14H8ClNO2. The Balaban J connectivity index is 2.50. The lowest BCUT2D eigenvalue weighted by Gasteiger charge is -2.04. The van der Waals surface area contributed by atoms with E-state index in [-0.39, 0.29) is 5.56 Å². The Morgan fingerprint density at radius 1 is 1.11 bits per heavy atom. The number of halogens is 1. The van der Waals surface area contributed by atoms with Crippen molar-refractivity contribution >= 4 is 17.6 Å². The van der Waals surface area contributed by atoms with E-state index in [2.05, 4.69) is 0 Å². The summed E-state index contributed by atoms with van der Waals surface area (Å²) in [5.74, 6) is -1.02. The molecule has 0 aliphatic carbocycles. The first kappa shape index (κ1) is 12.2. The number of carbonyl (C=O) groups is 1. The Hall–Kier alpha value is -2.31. The third-order valence-corrected chi connectivity index (χ3v) is 2.71. The van der Waals surface area contributed by atoms with Gasteiger partial charge < -0.3 is 5.11 Å². The number of aromatic carboxylic acids is 1. The number of carboxylic acids is 1. The molecule has 1 N–H and O–H groups in total. The van der Waals surface area contributed by atoms with Crippen LogP contribution in [0.15, 0.2) is 42.5 Å². The number of rotatable bonds is 2. The summed E-state index contributed by atoms with van der Waals surface area (Å²) in [6.45, 7) is 0. The van der Waals surface area contributed by atoms with Crippen molar-refractivity contribution in [3.63, 3.8) is 0 Å². The van der Waals surface area contributed by atoms with E-state index < -0.39 is 5.97 Å². The van der Waals surface area contributed by atoms with E-state index in [9.17, 15) is 4.79 Å². The summed E-state index contributed by atoms with van der Waals surface area (Å²) in [6.07, 6.45) is 0. The van der Waals surface area contributed by atoms with E-state index >= 15 is 0 Å². The zero-order valence-electron chi connectivity index (χ0n) is 9.22. The van der Waals surface area contributed by atoms with Gasteiger partial charge in [-0.25, -0.2) is 4.79 Å². The second-order valence-corrected chi connectivity index (χ2v) is 4.16. The maximum Gasteiger partial charge on any atom is 0.335 e. The highest BCUT2D eigenvalue weighted by Gasteiger charge is 2.07. The van der Waals surface area contributed by atoms with Crippen LogP contribution in [0.3, 0.4) is 0 Å². The van der Waals surface area contributed by atoms with E-state index in [0.29, 0.717) is 16.1 Å². The topological polar surface area (TPSA) is 61.1 Å². The van der Waals surface area contributed by atoms with Crippen molar-refractivity contribution in [1.82, 2.24) is 0 Å². The van der Waals surface area contributed by atoms with E-state index in [4.69, 9.17) is 22.0 Å². The second-order valence-electron chi connectivity index (χ2n) is 3.72. The smallest absolute Gasteiger partial charge is 0.335 e. The van der Waals surface area contributed by atoms with Gasteiger partial charge in [-0.1, -0.05) is 23.7 Å². The molecular weight excluding hydrogens is 250 g/mol. The number of benzene rings is 2. The predicted molar refractivity (Wildman–Crippen MR) is 68.6 cm³/mol. The molecule has 88 valence electrons. The number of carboxylic acid groups (broad SMARTS) is 1. The maximum atomic E-state index is 10.9. The van der Waals surface area contributed by atoms with E-state index in [1.165, 1.54) is 6.07 Å². The lowest BCUT2D eigenvalue weighted by molar-refractivity contribution is 0.0697. The number of hydrogen-bond donors (Lipinski definition) is 1. The minimum absolute atomic E-state index is 0.141. The summed E-state index contributed by atoms with van der Waals surface area (Å²) in [6, 6.07) is 13.5. The van der Waals surface area contributed by atoms with Gasteiger partial charge in [0.2, 0.25) is 0 Å². The third kappa shape index (κ3) is 2.50. The van der Waals surface area contributed by atoms with Gasteiger partial charge in [0.05, 0.1) is 17.2 Å². The van der Waals surface area contributed by atoms with Gasteiger partial charge in [0.1, 0.15) is 0 Å². The highest BCUT2D eigenvalue weighted by molar-refractivity contribution is 6.31. The zero-order valence-corrected chi connectivity index (χ0v) is 9.98. The number of hydrogen-bond acceptors (Lipinski definition) is 2. The van der Waals surface area contributed by atoms with Crippen molar-refractivity contribution in [1.29, 1.82) is 5.26 Å². The Labute approximate surface area is 109 Å². The molecule has 18 heavy (non-hydrogen) atoms. The lowest BCUT2D eigenvalue weighted by atomic mass is 10.0. The Kier molecular flexibility index (Phi) is 3.31. The first-order valence-electron chi connectivity index (χ1n) is 5.14. The van der Waals surface area contributed by atoms with Crippen molar-refractivity contribution in [3.05, 3.63) is 58.6 Å². The van der Waals surface area contributed by atoms with Crippen molar-refractivity contribution in [2.75, 3.05) is 0 Å². The zero-order chi connectivity index (χ0) is 13.1. The fraction of sp³-hybridized carbons (Fsp3) is 0. The van der Waals surface area contributed by atoms with Crippen LogP contribution in [0.25, 0.3) is 11.1 Å². The Bertz CT molecular complexity index is 642. The molecule has 0 atom stereocenters. The normalized spacial score (nSPS) is 9.78. The van der Waals surface area contributed by atoms with Crippen LogP contribution >= 0.6 is 11.6 Å². The van der Waals surface area contributed by atoms with Gasteiger partial charge in [-0.2, -0.15) is 5.26 Å². The van der Waals surface area contributed by atoms with Gasteiger partial charge in [-0.15, -0.1) is 0 Å². The molecule has 0 spiro atoms. The predicted octanol–water partition coefficient (Wildman–Crippen LogP) is 3.58. The maximum absolute atomic E-state index is 10.9. The van der Waals surface area contributed by atoms with Crippen LogP contribution in [-0.4, -0.2) is 11.1 Å². The van der Waals surface area contributed by atoms with Crippen LogP contribution in [0.5, 0.6) is 0 Å². The van der Waals surface area contributed by atoms with E-state index in [1.807, 2.05) is 6.07 Å². The summed E-state index contributed by atoms with van der Waals surface area (Å²) >= 11 is 5.89. The fourth-order valence-corrected chi connectivity index (χ4v) is 1.85. The van der Waals surface area contributed by atoms with Crippen LogP contribution in [-0.2, 0) is 0 Å². The average Bonchev–Trinajstić information content (AvgIpc) is 2.38. The standard InChI is InChI=1S/C14H8ClNO2/c15-13-6-11(5-12(7-13)14(17)18)10-3-1-9(8-16)2-4-10/h1-7H,(H,17,18). The number of nitrogens with zero attached hydrogens (tertiary/aromatic N) is 1. The summed E-state index contributed by atoms with van der Waals surface area (Å²) in [5.41, 5.74) is 2.23. The highest BCUT2D eigenvalue weighted by atomic mass is 35.5. The molecule has 0 aromatic heterocycles. The molecule has 0 amide bonds. The Morgan fingerprint density at radius 2 is 1.78 bits per heavy atom. The second kappa shape index (κ2) is 4.91. The van der Waals surface area contributed by atoms with E-state index in [0.717, 1.165) is 5.56 Å². The minimum atomic E-state index is -1.02. The summed E-state index contributed by atoms with van der Waals surface area (Å²) in [5, 5.41) is 18.0. The largest absolute Gasteiger partial charge is 0.478 e. The molecule has 0 aliphatic heterocycles. The van der Waals surface area contributed by atoms with E-state index in [1.54, 1.807) is 36.4 Å². The first-order chi connectivity index (χ1) is 8.60. The molecule has 3 nitrogen and oxygen atoms in total. The monoisotopic (exact) mass is 257 g/mol. The number of nitriles is 1. The van der Waals surface area contributed by atoms with Crippen LogP contribution < -0.4 is 0 Å². The van der Waals surface area contributed by atoms with Crippen molar-refractivity contribution in [3.8, 4) is 17.2 Å². The SMILES string of the molecule is N#Cc1ccc(-c2cc(Cl)cc(C(=O)O)c2)cc1. The van der Waals surface area contributed by atoms with Crippen LogP contribution in [0.4, 0.5) is 0 Å². The summed E-state index contributed by atoms with van der Waals surface area (Å²) in [4.78, 5) is 10.9. The molecule has 0 bridgehead atoms. The highest BCUT2D eigenvalue weighted by Crippen LogP contribution is 2.25. The van der Waals surface area contributed by atoms with Gasteiger partial charge in [0, 0.05) is 5.02 Å². The molecule has 0 saturated heterocycles. The molecule has 2 aromatic rings. The molecule has 0 unspecified atom stereocenters. The summed E-state index contributed by atoms with van der Waals surface area (Å²) < 4.78 is 0. The first-order valence-corrected chi connectivity index (χ1v) is 5.52. The van der Waals surface area contributed by atoms with Crippen LogP contribution in [0.1, 0.15) is 15.9 Å². The molecule has 4 heteroatoms. The van der Waals surface area contributed by atoms with Gasteiger partial charge >= 0.3 is 5.97 Å². The van der Waals surface area contributed by atoms with Crippen molar-refractivity contribution in [2.45, 2.75) is 0 Å². The molecule has 0 aliphatic rings. The van der Waals surface area contributed by atoms with Crippen molar-refractivity contribution in [2.24, 2.45) is 0 Å². The quantitative estimate of drug-likeness (QED) is 0.894. The van der Waals surface area contributed by atoms with Gasteiger partial charge in [0.15, 0.2) is 0 Å². The molecule has 2 aromatic carbocycles. The molecule has 0 radical (unpaired) electrons. The average molecular weight is 258 g/mol. The molecule has 0 heterocycles. The van der Waals surface area contributed by atoms with Gasteiger partial charge in [-0.3, -0.25) is 0 Å². The fourth-order valence-electron chi connectivity index (χ4n) is 1.62. The van der Waals surface area contributed by atoms with Crippen LogP contribution in [0.2, 0.25) is 5.02 Å². The molecule has 0 saturated carbocycles. The van der Waals surface area contributed by atoms with Crippen LogP contribution in [0, 0.1) is 11.3 Å².